The normalized spacial score (nSPS) is 11.0. The first-order valence-corrected chi connectivity index (χ1v) is 7.73. The van der Waals surface area contributed by atoms with E-state index in [9.17, 15) is 9.90 Å². The van der Waals surface area contributed by atoms with Crippen LogP contribution in [0.15, 0.2) is 30.3 Å². The van der Waals surface area contributed by atoms with Crippen LogP contribution < -0.4 is 0 Å². The summed E-state index contributed by atoms with van der Waals surface area (Å²) in [6.45, 7) is 1.68. The van der Waals surface area contributed by atoms with Gasteiger partial charge in [0.2, 0.25) is 4.96 Å². The highest BCUT2D eigenvalue weighted by molar-refractivity contribution is 7.16. The van der Waals surface area contributed by atoms with Gasteiger partial charge in [-0.2, -0.15) is 5.10 Å². The van der Waals surface area contributed by atoms with Gasteiger partial charge in [0.15, 0.2) is 5.69 Å². The zero-order valence-corrected chi connectivity index (χ0v) is 12.8. The lowest BCUT2D eigenvalue weighted by Gasteiger charge is -2.00. The Kier molecular flexibility index (Phi) is 4.17. The highest BCUT2D eigenvalue weighted by Crippen LogP contribution is 2.21. The SMILES string of the molecule is CCOC(=O)c1nc2sc(Cc3ccccc3)nn2c1CO. The molecule has 0 saturated heterocycles. The summed E-state index contributed by atoms with van der Waals surface area (Å²) in [6.07, 6.45) is 0.689. The Bertz CT molecular complexity index is 795. The molecular formula is C15H15N3O3S. The molecule has 3 aromatic rings. The molecular weight excluding hydrogens is 302 g/mol. The van der Waals surface area contributed by atoms with Gasteiger partial charge in [-0.1, -0.05) is 41.7 Å². The van der Waals surface area contributed by atoms with E-state index in [1.54, 1.807) is 6.92 Å². The second kappa shape index (κ2) is 6.25. The van der Waals surface area contributed by atoms with Crippen LogP contribution in [0.2, 0.25) is 0 Å². The number of fused-ring (bicyclic) bond motifs is 1. The molecule has 3 rings (SSSR count). The second-order valence-electron chi connectivity index (χ2n) is 4.64. The molecule has 0 aliphatic heterocycles. The van der Waals surface area contributed by atoms with Crippen molar-refractivity contribution in [1.29, 1.82) is 0 Å². The van der Waals surface area contributed by atoms with E-state index in [0.29, 0.717) is 17.1 Å². The minimum Gasteiger partial charge on any atom is -0.461 e. The molecule has 0 radical (unpaired) electrons. The zero-order valence-electron chi connectivity index (χ0n) is 12.0. The van der Waals surface area contributed by atoms with Crippen LogP contribution in [0.1, 0.15) is 33.7 Å². The van der Waals surface area contributed by atoms with Crippen LogP contribution in [-0.4, -0.2) is 32.3 Å². The van der Waals surface area contributed by atoms with Gasteiger partial charge < -0.3 is 9.84 Å². The van der Waals surface area contributed by atoms with Crippen molar-refractivity contribution < 1.29 is 14.6 Å². The first kappa shape index (κ1) is 14.7. The number of benzene rings is 1. The van der Waals surface area contributed by atoms with E-state index in [1.165, 1.54) is 15.9 Å². The molecule has 114 valence electrons. The lowest BCUT2D eigenvalue weighted by molar-refractivity contribution is 0.0516. The Labute approximate surface area is 131 Å². The van der Waals surface area contributed by atoms with Crippen LogP contribution >= 0.6 is 11.3 Å². The maximum Gasteiger partial charge on any atom is 0.359 e. The number of carbonyl (C=O) groups is 1. The largest absolute Gasteiger partial charge is 0.461 e. The maximum atomic E-state index is 11.8. The Hall–Kier alpha value is -2.25. The summed E-state index contributed by atoms with van der Waals surface area (Å²) in [4.78, 5) is 16.7. The fourth-order valence-corrected chi connectivity index (χ4v) is 3.12. The fourth-order valence-electron chi connectivity index (χ4n) is 2.18. The quantitative estimate of drug-likeness (QED) is 0.729. The summed E-state index contributed by atoms with van der Waals surface area (Å²) in [7, 11) is 0. The van der Waals surface area contributed by atoms with E-state index in [0.717, 1.165) is 10.6 Å². The first-order valence-electron chi connectivity index (χ1n) is 6.92. The van der Waals surface area contributed by atoms with Crippen LogP contribution in [0.25, 0.3) is 4.96 Å². The standard InChI is InChI=1S/C15H15N3O3S/c1-2-21-14(20)13-11(9-19)18-15(16-13)22-12(17-18)8-10-6-4-3-5-7-10/h3-7,19H,2,8-9H2,1H3. The molecule has 0 spiro atoms. The van der Waals surface area contributed by atoms with Gasteiger partial charge in [-0.3, -0.25) is 0 Å². The van der Waals surface area contributed by atoms with Crippen molar-refractivity contribution >= 4 is 22.3 Å². The molecule has 0 amide bonds. The molecule has 0 saturated carbocycles. The van der Waals surface area contributed by atoms with Crippen molar-refractivity contribution in [3.8, 4) is 0 Å². The van der Waals surface area contributed by atoms with Crippen molar-refractivity contribution in [3.63, 3.8) is 0 Å². The number of esters is 1. The van der Waals surface area contributed by atoms with Gasteiger partial charge in [-0.15, -0.1) is 0 Å². The highest BCUT2D eigenvalue weighted by atomic mass is 32.1. The third-order valence-corrected chi connectivity index (χ3v) is 4.06. The van der Waals surface area contributed by atoms with E-state index < -0.39 is 5.97 Å². The molecule has 0 aliphatic rings. The van der Waals surface area contributed by atoms with Crippen LogP contribution in [-0.2, 0) is 17.8 Å². The van der Waals surface area contributed by atoms with Gasteiger partial charge in [-0.05, 0) is 12.5 Å². The minimum atomic E-state index is -0.533. The van der Waals surface area contributed by atoms with Gasteiger partial charge >= 0.3 is 5.97 Å². The van der Waals surface area contributed by atoms with E-state index >= 15 is 0 Å². The highest BCUT2D eigenvalue weighted by Gasteiger charge is 2.22. The summed E-state index contributed by atoms with van der Waals surface area (Å²) in [6, 6.07) is 9.98. The molecule has 1 aromatic carbocycles. The number of aromatic nitrogens is 3. The average molecular weight is 317 g/mol. The van der Waals surface area contributed by atoms with Gasteiger partial charge in [0.25, 0.3) is 0 Å². The van der Waals surface area contributed by atoms with Crippen molar-refractivity contribution in [2.45, 2.75) is 20.0 Å². The van der Waals surface area contributed by atoms with Gasteiger partial charge in [0.05, 0.1) is 13.2 Å². The maximum absolute atomic E-state index is 11.8. The van der Waals surface area contributed by atoms with Gasteiger partial charge in [0.1, 0.15) is 10.7 Å². The molecule has 7 heteroatoms. The second-order valence-corrected chi connectivity index (χ2v) is 5.68. The summed E-state index contributed by atoms with van der Waals surface area (Å²) in [5.74, 6) is -0.533. The predicted molar refractivity (Wildman–Crippen MR) is 82.0 cm³/mol. The third-order valence-electron chi connectivity index (χ3n) is 3.16. The smallest absolute Gasteiger partial charge is 0.359 e. The van der Waals surface area contributed by atoms with Crippen LogP contribution in [0.5, 0.6) is 0 Å². The Morgan fingerprint density at radius 3 is 2.82 bits per heavy atom. The topological polar surface area (TPSA) is 76.7 Å². The summed E-state index contributed by atoms with van der Waals surface area (Å²) < 4.78 is 6.47. The minimum absolute atomic E-state index is 0.134. The van der Waals surface area contributed by atoms with Crippen LogP contribution in [0.4, 0.5) is 0 Å². The monoisotopic (exact) mass is 317 g/mol. The molecule has 0 atom stereocenters. The molecule has 22 heavy (non-hydrogen) atoms. The summed E-state index contributed by atoms with van der Waals surface area (Å²) >= 11 is 1.40. The molecule has 2 heterocycles. The van der Waals surface area contributed by atoms with Crippen molar-refractivity contribution in [3.05, 3.63) is 52.3 Å². The van der Waals surface area contributed by atoms with Crippen LogP contribution in [0, 0.1) is 0 Å². The number of aliphatic hydroxyl groups excluding tert-OH is 1. The number of ether oxygens (including phenoxy) is 1. The molecule has 0 bridgehead atoms. The molecule has 0 fully saturated rings. The number of hydrogen-bond acceptors (Lipinski definition) is 6. The Morgan fingerprint density at radius 2 is 2.14 bits per heavy atom. The predicted octanol–water partition coefficient (Wildman–Crippen LogP) is 2.05. The lowest BCUT2D eigenvalue weighted by Crippen LogP contribution is -2.09. The number of rotatable bonds is 5. The Balaban J connectivity index is 1.94. The molecule has 1 N–H and O–H groups in total. The number of imidazole rings is 1. The lowest BCUT2D eigenvalue weighted by atomic mass is 10.2. The van der Waals surface area contributed by atoms with Crippen molar-refractivity contribution in [1.82, 2.24) is 14.6 Å². The summed E-state index contributed by atoms with van der Waals surface area (Å²) in [5.41, 5.74) is 1.65. The third kappa shape index (κ3) is 2.72. The number of hydrogen-bond donors (Lipinski definition) is 1. The molecule has 6 nitrogen and oxygen atoms in total. The van der Waals surface area contributed by atoms with Gasteiger partial charge in [0, 0.05) is 6.42 Å². The van der Waals surface area contributed by atoms with E-state index in [4.69, 9.17) is 4.74 Å². The van der Waals surface area contributed by atoms with Gasteiger partial charge in [-0.25, -0.2) is 14.3 Å². The fraction of sp³-hybridized carbons (Fsp3) is 0.267. The average Bonchev–Trinajstić information content (AvgIpc) is 3.05. The number of nitrogens with zero attached hydrogens (tertiary/aromatic N) is 3. The van der Waals surface area contributed by atoms with E-state index in [-0.39, 0.29) is 18.9 Å². The summed E-state index contributed by atoms with van der Waals surface area (Å²) in [5, 5.41) is 14.8. The van der Waals surface area contributed by atoms with Crippen molar-refractivity contribution in [2.24, 2.45) is 0 Å². The first-order chi connectivity index (χ1) is 10.7. The number of carbonyl (C=O) groups excluding carboxylic acids is 1. The Morgan fingerprint density at radius 1 is 1.36 bits per heavy atom. The molecule has 0 aliphatic carbocycles. The van der Waals surface area contributed by atoms with Crippen LogP contribution in [0.3, 0.4) is 0 Å². The van der Waals surface area contributed by atoms with E-state index in [1.807, 2.05) is 30.3 Å². The zero-order chi connectivity index (χ0) is 15.5. The van der Waals surface area contributed by atoms with E-state index in [2.05, 4.69) is 10.1 Å². The number of aliphatic hydroxyl groups is 1. The van der Waals surface area contributed by atoms with Crippen molar-refractivity contribution in [2.75, 3.05) is 6.61 Å². The molecule has 0 unspecified atom stereocenters. The molecule has 2 aromatic heterocycles.